The van der Waals surface area contributed by atoms with Gasteiger partial charge in [0.15, 0.2) is 18.2 Å². The first-order valence-electron chi connectivity index (χ1n) is 8.36. The molecule has 0 saturated carbocycles. The van der Waals surface area contributed by atoms with Gasteiger partial charge in [-0.1, -0.05) is 0 Å². The lowest BCUT2D eigenvalue weighted by Crippen LogP contribution is -2.61. The van der Waals surface area contributed by atoms with Crippen molar-refractivity contribution in [3.63, 3.8) is 0 Å². The fraction of sp³-hybridized carbons (Fsp3) is 0.688. The predicted molar refractivity (Wildman–Crippen MR) is 83.4 cm³/mol. The normalized spacial score (nSPS) is 42.8. The van der Waals surface area contributed by atoms with Crippen LogP contribution in [0, 0.1) is 0 Å². The number of ether oxygens (including phenoxy) is 3. The number of hydrogen-bond acceptors (Lipinski definition) is 11. The molecule has 0 aliphatic carbocycles. The Hall–Kier alpha value is -1.41. The first-order valence-corrected chi connectivity index (χ1v) is 8.36. The van der Waals surface area contributed by atoms with Crippen LogP contribution in [0.2, 0.25) is 0 Å². The second-order valence-electron chi connectivity index (χ2n) is 6.49. The highest BCUT2D eigenvalue weighted by molar-refractivity contribution is 5.97. The van der Waals surface area contributed by atoms with Gasteiger partial charge < -0.3 is 49.3 Å². The Balaban J connectivity index is 1.65. The second kappa shape index (κ2) is 8.31. The Labute approximate surface area is 153 Å². The van der Waals surface area contributed by atoms with Crippen LogP contribution in [0.4, 0.5) is 0 Å². The van der Waals surface area contributed by atoms with Crippen molar-refractivity contribution in [1.82, 2.24) is 0 Å². The van der Waals surface area contributed by atoms with Gasteiger partial charge >= 0.3 is 0 Å². The highest BCUT2D eigenvalue weighted by atomic mass is 16.7. The smallest absolute Gasteiger partial charge is 0.229 e. The molecule has 152 valence electrons. The van der Waals surface area contributed by atoms with Crippen molar-refractivity contribution in [2.45, 2.75) is 55.1 Å². The van der Waals surface area contributed by atoms with Gasteiger partial charge in [0.2, 0.25) is 5.78 Å². The summed E-state index contributed by atoms with van der Waals surface area (Å²) in [6.45, 7) is -0.713. The fourth-order valence-electron chi connectivity index (χ4n) is 2.98. The molecule has 2 aliphatic rings. The number of Topliss-reactive ketones (excluding diaryl/α,β-unsaturated/α-hetero) is 1. The lowest BCUT2D eigenvalue weighted by Gasteiger charge is -2.41. The van der Waals surface area contributed by atoms with Crippen LogP contribution in [0.1, 0.15) is 10.6 Å². The van der Waals surface area contributed by atoms with Crippen LogP contribution in [0.5, 0.6) is 0 Å². The maximum Gasteiger partial charge on any atom is 0.229 e. The lowest BCUT2D eigenvalue weighted by atomic mass is 9.92. The molecule has 0 bridgehead atoms. The van der Waals surface area contributed by atoms with Crippen LogP contribution in [0.25, 0.3) is 0 Å². The van der Waals surface area contributed by atoms with E-state index in [0.29, 0.717) is 0 Å². The van der Waals surface area contributed by atoms with E-state index in [4.69, 9.17) is 18.6 Å². The summed E-state index contributed by atoms with van der Waals surface area (Å²) in [5, 5.41) is 59.1. The molecular formula is C16H22O11. The first-order chi connectivity index (χ1) is 12.8. The zero-order valence-corrected chi connectivity index (χ0v) is 14.1. The first kappa shape index (κ1) is 20.3. The third-order valence-electron chi connectivity index (χ3n) is 4.61. The van der Waals surface area contributed by atoms with Crippen molar-refractivity contribution >= 4 is 5.78 Å². The molecule has 0 spiro atoms. The van der Waals surface area contributed by atoms with Crippen molar-refractivity contribution in [3.8, 4) is 0 Å². The van der Waals surface area contributed by atoms with E-state index in [2.05, 4.69) is 0 Å². The zero-order chi connectivity index (χ0) is 19.7. The Kier molecular flexibility index (Phi) is 6.25. The van der Waals surface area contributed by atoms with Gasteiger partial charge in [0.1, 0.15) is 42.7 Å². The molecule has 0 unspecified atom stereocenters. The number of hydrogen-bond donors (Lipinski definition) is 6. The molecule has 9 atom stereocenters. The third-order valence-corrected chi connectivity index (χ3v) is 4.61. The SMILES string of the molecule is O=C(c1ccco1)[C@@H]1O[C@H](CO[C@@H]2OC[C@@H](O)[C@H](O)[C@H]2O)[C@@H](O)[C@H](O)[C@H]1O. The molecule has 11 heteroatoms. The summed E-state index contributed by atoms with van der Waals surface area (Å²) in [5.74, 6) is -0.818. The highest BCUT2D eigenvalue weighted by Crippen LogP contribution is 2.25. The van der Waals surface area contributed by atoms with Gasteiger partial charge in [-0.05, 0) is 12.1 Å². The molecule has 2 aliphatic heterocycles. The maximum absolute atomic E-state index is 12.4. The molecule has 3 heterocycles. The van der Waals surface area contributed by atoms with E-state index >= 15 is 0 Å². The molecule has 1 aromatic heterocycles. The van der Waals surface area contributed by atoms with Crippen LogP contribution in [0.3, 0.4) is 0 Å². The lowest BCUT2D eigenvalue weighted by molar-refractivity contribution is -0.288. The Morgan fingerprint density at radius 1 is 1.04 bits per heavy atom. The molecule has 2 fully saturated rings. The zero-order valence-electron chi connectivity index (χ0n) is 14.1. The quantitative estimate of drug-likeness (QED) is 0.278. The summed E-state index contributed by atoms with van der Waals surface area (Å²) in [5.41, 5.74) is 0. The van der Waals surface area contributed by atoms with E-state index < -0.39 is 67.5 Å². The molecule has 1 aromatic rings. The summed E-state index contributed by atoms with van der Waals surface area (Å²) >= 11 is 0. The number of furan rings is 1. The van der Waals surface area contributed by atoms with Crippen LogP contribution in [-0.2, 0) is 14.2 Å². The molecule has 6 N–H and O–H groups in total. The summed E-state index contributed by atoms with van der Waals surface area (Å²) in [4.78, 5) is 12.4. The van der Waals surface area contributed by atoms with Crippen LogP contribution in [0.15, 0.2) is 22.8 Å². The monoisotopic (exact) mass is 390 g/mol. The number of ketones is 1. The minimum Gasteiger partial charge on any atom is -0.461 e. The minimum absolute atomic E-state index is 0.0922. The third kappa shape index (κ3) is 4.06. The molecular weight excluding hydrogens is 368 g/mol. The summed E-state index contributed by atoms with van der Waals surface area (Å²) in [6, 6.07) is 2.83. The largest absolute Gasteiger partial charge is 0.461 e. The van der Waals surface area contributed by atoms with Gasteiger partial charge in [-0.2, -0.15) is 0 Å². The van der Waals surface area contributed by atoms with E-state index in [9.17, 15) is 35.4 Å². The topological polar surface area (TPSA) is 179 Å². The molecule has 2 saturated heterocycles. The number of aliphatic hydroxyl groups excluding tert-OH is 6. The standard InChI is InChI=1S/C16H22O11/c17-6-4-25-16(14(23)9(6)18)26-5-8-10(19)12(21)13(22)15(27-8)11(20)7-2-1-3-24-7/h1-3,6,8-10,12-19,21-23H,4-5H2/t6-,8-,9+,10-,12+,13-,14-,15+,16+/m1/s1. The van der Waals surface area contributed by atoms with Crippen LogP contribution in [-0.4, -0.2) is 105 Å². The van der Waals surface area contributed by atoms with Crippen molar-refractivity contribution in [2.24, 2.45) is 0 Å². The second-order valence-corrected chi connectivity index (χ2v) is 6.49. The van der Waals surface area contributed by atoms with Gasteiger partial charge in [-0.3, -0.25) is 4.79 Å². The summed E-state index contributed by atoms with van der Waals surface area (Å²) in [7, 11) is 0. The van der Waals surface area contributed by atoms with E-state index in [-0.39, 0.29) is 12.4 Å². The van der Waals surface area contributed by atoms with E-state index in [0.717, 1.165) is 0 Å². The van der Waals surface area contributed by atoms with E-state index in [1.807, 2.05) is 0 Å². The fourth-order valence-corrected chi connectivity index (χ4v) is 2.98. The van der Waals surface area contributed by atoms with Gasteiger partial charge in [0, 0.05) is 0 Å². The van der Waals surface area contributed by atoms with Crippen molar-refractivity contribution in [3.05, 3.63) is 24.2 Å². The highest BCUT2D eigenvalue weighted by Gasteiger charge is 2.48. The maximum atomic E-state index is 12.4. The molecule has 11 nitrogen and oxygen atoms in total. The minimum atomic E-state index is -1.69. The van der Waals surface area contributed by atoms with E-state index in [1.54, 1.807) is 0 Å². The molecule has 0 aromatic carbocycles. The van der Waals surface area contributed by atoms with Crippen molar-refractivity contribution < 1.29 is 54.1 Å². The van der Waals surface area contributed by atoms with Crippen LogP contribution >= 0.6 is 0 Å². The van der Waals surface area contributed by atoms with Crippen molar-refractivity contribution in [2.75, 3.05) is 13.2 Å². The molecule has 0 radical (unpaired) electrons. The summed E-state index contributed by atoms with van der Waals surface area (Å²) < 4.78 is 20.7. The average molecular weight is 390 g/mol. The number of aliphatic hydroxyl groups is 6. The number of rotatable bonds is 5. The van der Waals surface area contributed by atoms with Gasteiger partial charge in [0.25, 0.3) is 0 Å². The predicted octanol–water partition coefficient (Wildman–Crippen LogP) is -3.23. The molecule has 3 rings (SSSR count). The van der Waals surface area contributed by atoms with Crippen molar-refractivity contribution in [1.29, 1.82) is 0 Å². The molecule has 0 amide bonds. The van der Waals surface area contributed by atoms with Crippen LogP contribution < -0.4 is 0 Å². The molecule has 27 heavy (non-hydrogen) atoms. The average Bonchev–Trinajstić information content (AvgIpc) is 3.19. The Morgan fingerprint density at radius 2 is 1.78 bits per heavy atom. The van der Waals surface area contributed by atoms with Gasteiger partial charge in [-0.25, -0.2) is 0 Å². The Morgan fingerprint density at radius 3 is 2.44 bits per heavy atom. The Bertz CT molecular complexity index is 620. The number of carbonyl (C=O) groups excluding carboxylic acids is 1. The van der Waals surface area contributed by atoms with Gasteiger partial charge in [0.05, 0.1) is 19.5 Å². The van der Waals surface area contributed by atoms with E-state index in [1.165, 1.54) is 18.4 Å². The van der Waals surface area contributed by atoms with Gasteiger partial charge in [-0.15, -0.1) is 0 Å². The number of carbonyl (C=O) groups is 1. The summed E-state index contributed by atoms with van der Waals surface area (Å²) in [6.07, 6.45) is -12.1.